The van der Waals surface area contributed by atoms with Crippen LogP contribution in [0.1, 0.15) is 35.7 Å². The molecule has 0 bridgehead atoms. The number of hydrogen-bond acceptors (Lipinski definition) is 5. The van der Waals surface area contributed by atoms with E-state index in [2.05, 4.69) is 16.8 Å². The van der Waals surface area contributed by atoms with Gasteiger partial charge in [-0.2, -0.15) is 0 Å². The third-order valence-corrected chi connectivity index (χ3v) is 4.60. The van der Waals surface area contributed by atoms with Crippen molar-refractivity contribution in [3.63, 3.8) is 0 Å². The van der Waals surface area contributed by atoms with Gasteiger partial charge in [-0.3, -0.25) is 4.79 Å². The minimum Gasteiger partial charge on any atom is -0.430 e. The van der Waals surface area contributed by atoms with Crippen LogP contribution in [0.25, 0.3) is 11.1 Å². The minimum atomic E-state index is -0.490. The first-order valence-corrected chi connectivity index (χ1v) is 9.10. The first kappa shape index (κ1) is 18.2. The van der Waals surface area contributed by atoms with Crippen molar-refractivity contribution in [3.8, 4) is 11.8 Å². The van der Waals surface area contributed by atoms with Crippen LogP contribution in [0.2, 0.25) is 0 Å². The highest BCUT2D eigenvalue weighted by atomic mass is 19.1. The SMILES string of the molecule is C[C@@H]1CN(c2cc(F)c(C#Cc3nc4ccccc4o3)cc2C=O)C[C@H](C)O1. The van der Waals surface area contributed by atoms with E-state index >= 15 is 0 Å². The van der Waals surface area contributed by atoms with Crippen LogP contribution < -0.4 is 4.90 Å². The smallest absolute Gasteiger partial charge is 0.274 e. The van der Waals surface area contributed by atoms with E-state index in [1.54, 1.807) is 6.07 Å². The van der Waals surface area contributed by atoms with E-state index < -0.39 is 5.82 Å². The zero-order valence-corrected chi connectivity index (χ0v) is 15.6. The number of aromatic nitrogens is 1. The Hall–Kier alpha value is -3.17. The summed E-state index contributed by atoms with van der Waals surface area (Å²) in [4.78, 5) is 17.9. The van der Waals surface area contributed by atoms with Crippen LogP contribution in [0.4, 0.5) is 10.1 Å². The van der Waals surface area contributed by atoms with Gasteiger partial charge in [-0.15, -0.1) is 0 Å². The molecule has 2 atom stereocenters. The summed E-state index contributed by atoms with van der Waals surface area (Å²) in [6.07, 6.45) is 0.736. The molecule has 1 aliphatic heterocycles. The van der Waals surface area contributed by atoms with E-state index in [0.717, 1.165) is 6.29 Å². The minimum absolute atomic E-state index is 0.00457. The lowest BCUT2D eigenvalue weighted by Crippen LogP contribution is -2.45. The topological polar surface area (TPSA) is 55.6 Å². The van der Waals surface area contributed by atoms with Gasteiger partial charge < -0.3 is 14.1 Å². The van der Waals surface area contributed by atoms with Crippen molar-refractivity contribution >= 4 is 23.1 Å². The van der Waals surface area contributed by atoms with Crippen molar-refractivity contribution in [3.05, 3.63) is 59.2 Å². The van der Waals surface area contributed by atoms with Crippen LogP contribution in [-0.4, -0.2) is 36.6 Å². The zero-order chi connectivity index (χ0) is 19.7. The van der Waals surface area contributed by atoms with E-state index in [-0.39, 0.29) is 23.7 Å². The highest BCUT2D eigenvalue weighted by molar-refractivity contribution is 5.85. The first-order valence-electron chi connectivity index (χ1n) is 9.10. The molecular weight excluding hydrogens is 359 g/mol. The van der Waals surface area contributed by atoms with Crippen LogP contribution in [0.3, 0.4) is 0 Å². The molecule has 6 heteroatoms. The monoisotopic (exact) mass is 378 g/mol. The number of ether oxygens (including phenoxy) is 1. The lowest BCUT2D eigenvalue weighted by molar-refractivity contribution is -0.00527. The number of benzene rings is 2. The fraction of sp³-hybridized carbons (Fsp3) is 0.273. The van der Waals surface area contributed by atoms with Crippen LogP contribution in [-0.2, 0) is 4.74 Å². The standard InChI is InChI=1S/C22H19FN2O3/c1-14-11-25(12-15(2)27-14)20-10-18(23)16(9-17(20)13-26)7-8-22-24-19-5-3-4-6-21(19)28-22/h3-6,9-10,13-15H,11-12H2,1-2H3/t14-,15+. The van der Waals surface area contributed by atoms with Gasteiger partial charge in [-0.05, 0) is 44.0 Å². The number of fused-ring (bicyclic) bond motifs is 1. The highest BCUT2D eigenvalue weighted by Crippen LogP contribution is 2.26. The first-order chi connectivity index (χ1) is 13.5. The van der Waals surface area contributed by atoms with Gasteiger partial charge in [0.05, 0.1) is 23.5 Å². The number of para-hydroxylation sites is 2. The molecule has 0 N–H and O–H groups in total. The molecule has 0 aliphatic carbocycles. The maximum absolute atomic E-state index is 14.7. The number of anilines is 1. The molecule has 4 rings (SSSR count). The number of carbonyl (C=O) groups excluding carboxylic acids is 1. The van der Waals surface area contributed by atoms with Gasteiger partial charge in [0.25, 0.3) is 5.89 Å². The summed E-state index contributed by atoms with van der Waals surface area (Å²) in [5.74, 6) is 5.18. The van der Waals surface area contributed by atoms with Gasteiger partial charge in [0.1, 0.15) is 11.3 Å². The summed E-state index contributed by atoms with van der Waals surface area (Å²) in [6.45, 7) is 5.11. The van der Waals surface area contributed by atoms with Crippen LogP contribution in [0.5, 0.6) is 0 Å². The summed E-state index contributed by atoms with van der Waals surface area (Å²) in [7, 11) is 0. The summed E-state index contributed by atoms with van der Waals surface area (Å²) in [5, 5.41) is 0. The molecule has 1 aromatic heterocycles. The summed E-state index contributed by atoms with van der Waals surface area (Å²) in [5.41, 5.74) is 2.38. The van der Waals surface area contributed by atoms with E-state index in [9.17, 15) is 9.18 Å². The number of nitrogens with zero attached hydrogens (tertiary/aromatic N) is 2. The van der Waals surface area contributed by atoms with Gasteiger partial charge in [0, 0.05) is 18.7 Å². The molecule has 5 nitrogen and oxygen atoms in total. The number of rotatable bonds is 2. The second-order valence-electron chi connectivity index (χ2n) is 6.91. The van der Waals surface area contributed by atoms with Crippen molar-refractivity contribution in [2.24, 2.45) is 0 Å². The molecule has 2 heterocycles. The maximum Gasteiger partial charge on any atom is 0.274 e. The Balaban J connectivity index is 1.67. The molecule has 0 saturated carbocycles. The number of carbonyl (C=O) groups is 1. The van der Waals surface area contributed by atoms with Crippen molar-refractivity contribution < 1.29 is 18.3 Å². The molecule has 1 fully saturated rings. The summed E-state index contributed by atoms with van der Waals surface area (Å²) >= 11 is 0. The lowest BCUT2D eigenvalue weighted by Gasteiger charge is -2.37. The van der Waals surface area contributed by atoms with E-state index in [1.807, 2.05) is 36.9 Å². The molecule has 1 saturated heterocycles. The Morgan fingerprint density at radius 1 is 1.18 bits per heavy atom. The average Bonchev–Trinajstić information content (AvgIpc) is 3.09. The Bertz CT molecular complexity index is 1050. The molecule has 2 aromatic carbocycles. The number of hydrogen-bond donors (Lipinski definition) is 0. The van der Waals surface area contributed by atoms with Crippen LogP contribution in [0, 0.1) is 17.7 Å². The third-order valence-electron chi connectivity index (χ3n) is 4.60. The predicted octanol–water partition coefficient (Wildman–Crippen LogP) is 3.79. The van der Waals surface area contributed by atoms with Crippen LogP contribution >= 0.6 is 0 Å². The van der Waals surface area contributed by atoms with Gasteiger partial charge in [0.15, 0.2) is 11.9 Å². The second-order valence-corrected chi connectivity index (χ2v) is 6.91. The molecule has 142 valence electrons. The highest BCUT2D eigenvalue weighted by Gasteiger charge is 2.25. The zero-order valence-electron chi connectivity index (χ0n) is 15.6. The fourth-order valence-corrected chi connectivity index (χ4v) is 3.46. The quantitative estimate of drug-likeness (QED) is 0.502. The van der Waals surface area contributed by atoms with E-state index in [4.69, 9.17) is 9.15 Å². The van der Waals surface area contributed by atoms with Crippen molar-refractivity contribution in [1.29, 1.82) is 0 Å². The van der Waals surface area contributed by atoms with Crippen LogP contribution in [0.15, 0.2) is 40.8 Å². The average molecular weight is 378 g/mol. The molecule has 0 spiro atoms. The number of oxazole rings is 1. The number of aldehydes is 1. The lowest BCUT2D eigenvalue weighted by atomic mass is 10.1. The summed E-state index contributed by atoms with van der Waals surface area (Å²) in [6, 6.07) is 10.1. The Morgan fingerprint density at radius 2 is 1.93 bits per heavy atom. The molecule has 1 aliphatic rings. The molecular formula is C22H19FN2O3. The largest absolute Gasteiger partial charge is 0.430 e. The Labute approximate surface area is 162 Å². The third kappa shape index (κ3) is 3.62. The number of morpholine rings is 1. The van der Waals surface area contributed by atoms with Gasteiger partial charge in [-0.25, -0.2) is 9.37 Å². The molecule has 0 unspecified atom stereocenters. The normalized spacial score (nSPS) is 19.3. The van der Waals surface area contributed by atoms with E-state index in [0.29, 0.717) is 35.4 Å². The Morgan fingerprint density at radius 3 is 2.64 bits per heavy atom. The predicted molar refractivity (Wildman–Crippen MR) is 104 cm³/mol. The van der Waals surface area contributed by atoms with Crippen molar-refractivity contribution in [2.45, 2.75) is 26.1 Å². The Kier molecular flexibility index (Phi) is 4.84. The molecule has 0 amide bonds. The van der Waals surface area contributed by atoms with Gasteiger partial charge in [0.2, 0.25) is 0 Å². The molecule has 28 heavy (non-hydrogen) atoms. The van der Waals surface area contributed by atoms with Crippen molar-refractivity contribution in [1.82, 2.24) is 4.98 Å². The van der Waals surface area contributed by atoms with Crippen molar-refractivity contribution in [2.75, 3.05) is 18.0 Å². The van der Waals surface area contributed by atoms with Gasteiger partial charge >= 0.3 is 0 Å². The number of halogens is 1. The van der Waals surface area contributed by atoms with Gasteiger partial charge in [-0.1, -0.05) is 18.1 Å². The second kappa shape index (κ2) is 7.45. The molecule has 0 radical (unpaired) electrons. The van der Waals surface area contributed by atoms with E-state index in [1.165, 1.54) is 12.1 Å². The maximum atomic E-state index is 14.7. The fourth-order valence-electron chi connectivity index (χ4n) is 3.46. The summed E-state index contributed by atoms with van der Waals surface area (Å²) < 4.78 is 25.9. The molecule has 3 aromatic rings.